The maximum absolute atomic E-state index is 13.3. The summed E-state index contributed by atoms with van der Waals surface area (Å²) in [4.78, 5) is 0. The summed E-state index contributed by atoms with van der Waals surface area (Å²) in [6, 6.07) is 5.13. The summed E-state index contributed by atoms with van der Waals surface area (Å²) >= 11 is 3.61. The number of aromatic nitrogens is 2. The first kappa shape index (κ1) is 14.2. The molecule has 1 aromatic heterocycles. The summed E-state index contributed by atoms with van der Waals surface area (Å²) in [6.45, 7) is 2.64. The van der Waals surface area contributed by atoms with Crippen LogP contribution in [-0.2, 0) is 13.5 Å². The smallest absolute Gasteiger partial charge is 0.126 e. The maximum Gasteiger partial charge on any atom is 0.126 e. The maximum atomic E-state index is 13.3. The molecule has 0 aliphatic heterocycles. The van der Waals surface area contributed by atoms with Crippen molar-refractivity contribution in [3.63, 3.8) is 0 Å². The van der Waals surface area contributed by atoms with Crippen molar-refractivity contribution >= 4 is 15.9 Å². The molecular weight excluding hydrogens is 309 g/mol. The van der Waals surface area contributed by atoms with Crippen LogP contribution in [0.4, 0.5) is 4.39 Å². The van der Waals surface area contributed by atoms with Crippen LogP contribution in [0.3, 0.4) is 0 Å². The molecule has 0 amide bonds. The molecule has 0 aliphatic carbocycles. The first-order chi connectivity index (χ1) is 9.04. The van der Waals surface area contributed by atoms with Gasteiger partial charge in [-0.2, -0.15) is 5.10 Å². The second kappa shape index (κ2) is 5.84. The highest BCUT2D eigenvalue weighted by Crippen LogP contribution is 2.31. The van der Waals surface area contributed by atoms with Gasteiger partial charge < -0.3 is 5.32 Å². The van der Waals surface area contributed by atoms with Crippen LogP contribution in [0.1, 0.15) is 11.3 Å². The molecule has 0 aliphatic rings. The number of rotatable bonds is 4. The van der Waals surface area contributed by atoms with Gasteiger partial charge in [0, 0.05) is 25.6 Å². The van der Waals surface area contributed by atoms with Gasteiger partial charge in [0.2, 0.25) is 0 Å². The van der Waals surface area contributed by atoms with Gasteiger partial charge in [-0.25, -0.2) is 4.39 Å². The molecule has 5 heteroatoms. The third-order valence-corrected chi connectivity index (χ3v) is 3.93. The molecule has 1 aromatic carbocycles. The summed E-state index contributed by atoms with van der Waals surface area (Å²) in [5.41, 5.74) is 3.60. The van der Waals surface area contributed by atoms with E-state index in [2.05, 4.69) is 26.3 Å². The number of hydrogen-bond donors (Lipinski definition) is 1. The van der Waals surface area contributed by atoms with Gasteiger partial charge in [0.15, 0.2) is 0 Å². The fraction of sp³-hybridized carbons (Fsp3) is 0.357. The second-order valence-electron chi connectivity index (χ2n) is 4.55. The van der Waals surface area contributed by atoms with Crippen molar-refractivity contribution in [1.82, 2.24) is 15.1 Å². The highest BCUT2D eigenvalue weighted by molar-refractivity contribution is 9.10. The number of likely N-dealkylation sites (N-methyl/N-ethyl adjacent to an activating group) is 1. The highest BCUT2D eigenvalue weighted by Gasteiger charge is 2.15. The molecular formula is C14H17BrFN3. The van der Waals surface area contributed by atoms with E-state index in [1.807, 2.05) is 24.8 Å². The van der Waals surface area contributed by atoms with E-state index >= 15 is 0 Å². The lowest BCUT2D eigenvalue weighted by atomic mass is 10.1. The lowest BCUT2D eigenvalue weighted by Gasteiger charge is -2.05. The fourth-order valence-electron chi connectivity index (χ4n) is 2.06. The summed E-state index contributed by atoms with van der Waals surface area (Å²) in [6.07, 6.45) is 0.852. The van der Waals surface area contributed by atoms with Crippen molar-refractivity contribution in [2.45, 2.75) is 13.3 Å². The van der Waals surface area contributed by atoms with E-state index in [4.69, 9.17) is 0 Å². The minimum Gasteiger partial charge on any atom is -0.319 e. The molecule has 102 valence electrons. The summed E-state index contributed by atoms with van der Waals surface area (Å²) in [5, 5.41) is 7.62. The van der Waals surface area contributed by atoms with E-state index in [-0.39, 0.29) is 5.82 Å². The van der Waals surface area contributed by atoms with E-state index in [1.54, 1.807) is 13.0 Å². The molecule has 19 heavy (non-hydrogen) atoms. The van der Waals surface area contributed by atoms with Gasteiger partial charge in [-0.1, -0.05) is 0 Å². The van der Waals surface area contributed by atoms with Gasteiger partial charge in [0.1, 0.15) is 5.82 Å². The molecule has 3 nitrogen and oxygen atoms in total. The third kappa shape index (κ3) is 2.87. The minimum absolute atomic E-state index is 0.183. The van der Waals surface area contributed by atoms with Crippen LogP contribution in [0.5, 0.6) is 0 Å². The van der Waals surface area contributed by atoms with Crippen LogP contribution in [0.2, 0.25) is 0 Å². The van der Waals surface area contributed by atoms with Crippen molar-refractivity contribution < 1.29 is 4.39 Å². The van der Waals surface area contributed by atoms with Crippen molar-refractivity contribution in [2.24, 2.45) is 7.05 Å². The van der Waals surface area contributed by atoms with Crippen molar-refractivity contribution in [3.05, 3.63) is 39.7 Å². The highest BCUT2D eigenvalue weighted by atomic mass is 79.9. The summed E-state index contributed by atoms with van der Waals surface area (Å²) < 4.78 is 16.2. The Labute approximate surface area is 121 Å². The molecule has 0 fully saturated rings. The second-order valence-corrected chi connectivity index (χ2v) is 5.34. The zero-order valence-electron chi connectivity index (χ0n) is 11.3. The molecule has 1 N–H and O–H groups in total. The quantitative estimate of drug-likeness (QED) is 0.936. The molecule has 0 bridgehead atoms. The van der Waals surface area contributed by atoms with Gasteiger partial charge in [0.05, 0.1) is 15.9 Å². The Morgan fingerprint density at radius 1 is 1.42 bits per heavy atom. The van der Waals surface area contributed by atoms with E-state index in [1.165, 1.54) is 6.07 Å². The SMILES string of the molecule is CNCCc1nn(C)c(-c2ccc(F)c(C)c2)c1Br. The van der Waals surface area contributed by atoms with Crippen molar-refractivity contribution in [2.75, 3.05) is 13.6 Å². The first-order valence-electron chi connectivity index (χ1n) is 6.17. The molecule has 1 heterocycles. The summed E-state index contributed by atoms with van der Waals surface area (Å²) in [7, 11) is 3.82. The van der Waals surface area contributed by atoms with E-state index in [9.17, 15) is 4.39 Å². The van der Waals surface area contributed by atoms with Crippen LogP contribution in [-0.4, -0.2) is 23.4 Å². The van der Waals surface area contributed by atoms with Crippen LogP contribution in [0.15, 0.2) is 22.7 Å². The molecule has 0 saturated heterocycles. The van der Waals surface area contributed by atoms with Crippen molar-refractivity contribution in [1.29, 1.82) is 0 Å². The largest absolute Gasteiger partial charge is 0.319 e. The zero-order chi connectivity index (χ0) is 14.0. The van der Waals surface area contributed by atoms with Crippen LogP contribution >= 0.6 is 15.9 Å². The normalized spacial score (nSPS) is 11.0. The van der Waals surface area contributed by atoms with Gasteiger partial charge in [0.25, 0.3) is 0 Å². The molecule has 0 saturated carbocycles. The average Bonchev–Trinajstić information content (AvgIpc) is 2.65. The van der Waals surface area contributed by atoms with E-state index in [0.29, 0.717) is 5.56 Å². The van der Waals surface area contributed by atoms with Gasteiger partial charge >= 0.3 is 0 Å². The Morgan fingerprint density at radius 2 is 2.16 bits per heavy atom. The Hall–Kier alpha value is -1.20. The molecule has 0 radical (unpaired) electrons. The predicted octanol–water partition coefficient (Wildman–Crippen LogP) is 3.06. The van der Waals surface area contributed by atoms with E-state index in [0.717, 1.165) is 34.4 Å². The number of halogens is 2. The third-order valence-electron chi connectivity index (χ3n) is 3.10. The number of hydrogen-bond acceptors (Lipinski definition) is 2. The topological polar surface area (TPSA) is 29.9 Å². The molecule has 0 spiro atoms. The Balaban J connectivity index is 2.44. The minimum atomic E-state index is -0.183. The fourth-order valence-corrected chi connectivity index (χ4v) is 2.83. The van der Waals surface area contributed by atoms with E-state index < -0.39 is 0 Å². The molecule has 2 rings (SSSR count). The first-order valence-corrected chi connectivity index (χ1v) is 6.96. The van der Waals surface area contributed by atoms with Crippen LogP contribution in [0.25, 0.3) is 11.3 Å². The lowest BCUT2D eigenvalue weighted by Crippen LogP contribution is -2.11. The van der Waals surface area contributed by atoms with Crippen LogP contribution in [0, 0.1) is 12.7 Å². The summed E-state index contributed by atoms with van der Waals surface area (Å²) in [5.74, 6) is -0.183. The molecule has 0 unspecified atom stereocenters. The van der Waals surface area contributed by atoms with Crippen molar-refractivity contribution in [3.8, 4) is 11.3 Å². The zero-order valence-corrected chi connectivity index (χ0v) is 12.9. The predicted molar refractivity (Wildman–Crippen MR) is 78.7 cm³/mol. The van der Waals surface area contributed by atoms with Gasteiger partial charge in [-0.05, 0) is 53.7 Å². The molecule has 2 aromatic rings. The van der Waals surface area contributed by atoms with Crippen LogP contribution < -0.4 is 5.32 Å². The molecule has 0 atom stereocenters. The number of nitrogens with zero attached hydrogens (tertiary/aromatic N) is 2. The lowest BCUT2D eigenvalue weighted by molar-refractivity contribution is 0.618. The van der Waals surface area contributed by atoms with Gasteiger partial charge in [-0.3, -0.25) is 4.68 Å². The Bertz CT molecular complexity index is 593. The number of nitrogens with one attached hydrogen (secondary N) is 1. The van der Waals surface area contributed by atoms with Gasteiger partial charge in [-0.15, -0.1) is 0 Å². The Kier molecular flexibility index (Phi) is 4.37. The number of aryl methyl sites for hydroxylation is 2. The monoisotopic (exact) mass is 325 g/mol. The average molecular weight is 326 g/mol. The standard InChI is InChI=1S/C14H17BrFN3/c1-9-8-10(4-5-11(9)16)14-13(15)12(6-7-17-2)18-19(14)3/h4-5,8,17H,6-7H2,1-3H3. The number of benzene rings is 1. The Morgan fingerprint density at radius 3 is 2.79 bits per heavy atom.